The van der Waals surface area contributed by atoms with Crippen LogP contribution in [0.4, 0.5) is 4.79 Å². The van der Waals surface area contributed by atoms with Crippen molar-refractivity contribution >= 4 is 27.9 Å². The standard InChI is InChI=1S/C20H17BrN4O3/c21-15-9-5-4-8-14(15)18-24-23-17(28-18)12-25-19(26)16(22-20(25)27)11-10-13-6-2-1-3-7-13/h1-9,16H,10-12H2,(H,22,27)/t16-/m1/s1. The molecular weight excluding hydrogens is 424 g/mol. The number of aromatic nitrogens is 2. The molecule has 2 heterocycles. The Balaban J connectivity index is 1.42. The van der Waals surface area contributed by atoms with Gasteiger partial charge < -0.3 is 9.73 Å². The van der Waals surface area contributed by atoms with Crippen LogP contribution in [0, 0.1) is 0 Å². The van der Waals surface area contributed by atoms with Crippen LogP contribution in [0.2, 0.25) is 0 Å². The largest absolute Gasteiger partial charge is 0.419 e. The lowest BCUT2D eigenvalue weighted by molar-refractivity contribution is -0.128. The van der Waals surface area contributed by atoms with E-state index < -0.39 is 12.1 Å². The van der Waals surface area contributed by atoms with Gasteiger partial charge in [-0.2, -0.15) is 0 Å². The van der Waals surface area contributed by atoms with E-state index >= 15 is 0 Å². The fraction of sp³-hybridized carbons (Fsp3) is 0.200. The quantitative estimate of drug-likeness (QED) is 0.592. The van der Waals surface area contributed by atoms with Crippen molar-refractivity contribution in [3.8, 4) is 11.5 Å². The highest BCUT2D eigenvalue weighted by atomic mass is 79.9. The lowest BCUT2D eigenvalue weighted by atomic mass is 10.1. The van der Waals surface area contributed by atoms with Gasteiger partial charge in [-0.3, -0.25) is 9.69 Å². The molecule has 28 heavy (non-hydrogen) atoms. The zero-order valence-corrected chi connectivity index (χ0v) is 16.4. The van der Waals surface area contributed by atoms with E-state index in [4.69, 9.17) is 4.42 Å². The van der Waals surface area contributed by atoms with Crippen molar-refractivity contribution in [2.45, 2.75) is 25.4 Å². The maximum Gasteiger partial charge on any atom is 0.325 e. The van der Waals surface area contributed by atoms with Crippen molar-refractivity contribution < 1.29 is 14.0 Å². The van der Waals surface area contributed by atoms with Gasteiger partial charge in [-0.1, -0.05) is 42.5 Å². The molecule has 7 nitrogen and oxygen atoms in total. The van der Waals surface area contributed by atoms with Gasteiger partial charge in [-0.15, -0.1) is 10.2 Å². The molecule has 142 valence electrons. The van der Waals surface area contributed by atoms with Gasteiger partial charge in [0.1, 0.15) is 12.6 Å². The van der Waals surface area contributed by atoms with Crippen LogP contribution >= 0.6 is 15.9 Å². The summed E-state index contributed by atoms with van der Waals surface area (Å²) in [5.74, 6) is 0.259. The van der Waals surface area contributed by atoms with Gasteiger partial charge in [-0.25, -0.2) is 4.79 Å². The maximum absolute atomic E-state index is 12.6. The lowest BCUT2D eigenvalue weighted by Gasteiger charge is -2.10. The number of amides is 3. The second-order valence-electron chi connectivity index (χ2n) is 6.43. The number of benzene rings is 2. The topological polar surface area (TPSA) is 88.3 Å². The third-order valence-electron chi connectivity index (χ3n) is 4.54. The van der Waals surface area contributed by atoms with Crippen molar-refractivity contribution in [1.29, 1.82) is 0 Å². The number of nitrogens with zero attached hydrogens (tertiary/aromatic N) is 3. The summed E-state index contributed by atoms with van der Waals surface area (Å²) in [5, 5.41) is 10.7. The highest BCUT2D eigenvalue weighted by Gasteiger charge is 2.38. The number of hydrogen-bond donors (Lipinski definition) is 1. The molecule has 3 aromatic rings. The van der Waals surface area contributed by atoms with E-state index in [0.29, 0.717) is 18.7 Å². The first kappa shape index (κ1) is 18.4. The molecule has 4 rings (SSSR count). The number of hydrogen-bond acceptors (Lipinski definition) is 5. The summed E-state index contributed by atoms with van der Waals surface area (Å²) in [5.41, 5.74) is 1.87. The molecule has 0 unspecified atom stereocenters. The van der Waals surface area contributed by atoms with E-state index in [1.165, 1.54) is 0 Å². The average Bonchev–Trinajstić information content (AvgIpc) is 3.28. The smallest absolute Gasteiger partial charge is 0.325 e. The van der Waals surface area contributed by atoms with E-state index in [0.717, 1.165) is 20.5 Å². The van der Waals surface area contributed by atoms with Gasteiger partial charge in [-0.05, 0) is 46.5 Å². The SMILES string of the molecule is O=C1N[C@H](CCc2ccccc2)C(=O)N1Cc1nnc(-c2ccccc2Br)o1. The molecule has 8 heteroatoms. The number of imide groups is 1. The van der Waals surface area contributed by atoms with Crippen molar-refractivity contribution in [2.24, 2.45) is 0 Å². The zero-order valence-electron chi connectivity index (χ0n) is 14.8. The molecule has 1 aliphatic heterocycles. The molecule has 0 radical (unpaired) electrons. The summed E-state index contributed by atoms with van der Waals surface area (Å²) in [4.78, 5) is 26.0. The Morgan fingerprint density at radius 1 is 1.04 bits per heavy atom. The molecule has 1 fully saturated rings. The fourth-order valence-corrected chi connectivity index (χ4v) is 3.53. The molecule has 1 saturated heterocycles. The predicted molar refractivity (Wildman–Crippen MR) is 105 cm³/mol. The van der Waals surface area contributed by atoms with E-state index in [1.54, 1.807) is 0 Å². The Hall–Kier alpha value is -3.00. The van der Waals surface area contributed by atoms with E-state index in [2.05, 4.69) is 31.4 Å². The summed E-state index contributed by atoms with van der Waals surface area (Å²) in [6, 6.07) is 16.3. The van der Waals surface area contributed by atoms with Crippen LogP contribution in [-0.4, -0.2) is 33.1 Å². The van der Waals surface area contributed by atoms with Gasteiger partial charge in [0.2, 0.25) is 11.8 Å². The first-order valence-electron chi connectivity index (χ1n) is 8.85. The Morgan fingerprint density at radius 3 is 2.57 bits per heavy atom. The van der Waals surface area contributed by atoms with Crippen LogP contribution in [-0.2, 0) is 17.8 Å². The first-order valence-corrected chi connectivity index (χ1v) is 9.64. The van der Waals surface area contributed by atoms with Gasteiger partial charge in [0, 0.05) is 4.47 Å². The predicted octanol–water partition coefficient (Wildman–Crippen LogP) is 3.55. The number of halogens is 1. The summed E-state index contributed by atoms with van der Waals surface area (Å²) in [7, 11) is 0. The summed E-state index contributed by atoms with van der Waals surface area (Å²) in [6.45, 7) is -0.0516. The minimum absolute atomic E-state index is 0.0516. The highest BCUT2D eigenvalue weighted by Crippen LogP contribution is 2.27. The van der Waals surface area contributed by atoms with Crippen LogP contribution in [0.25, 0.3) is 11.5 Å². The van der Waals surface area contributed by atoms with Gasteiger partial charge in [0.05, 0.1) is 5.56 Å². The van der Waals surface area contributed by atoms with E-state index in [9.17, 15) is 9.59 Å². The Labute approximate surface area is 169 Å². The molecule has 0 saturated carbocycles. The molecule has 0 bridgehead atoms. The Kier molecular flexibility index (Phi) is 5.21. The minimum atomic E-state index is -0.543. The highest BCUT2D eigenvalue weighted by molar-refractivity contribution is 9.10. The monoisotopic (exact) mass is 440 g/mol. The van der Waals surface area contributed by atoms with Gasteiger partial charge in [0.15, 0.2) is 0 Å². The molecule has 3 amide bonds. The van der Waals surface area contributed by atoms with Crippen molar-refractivity contribution in [3.05, 3.63) is 70.5 Å². The molecule has 1 atom stereocenters. The Bertz CT molecular complexity index is 1010. The molecule has 0 aliphatic carbocycles. The fourth-order valence-electron chi connectivity index (χ4n) is 3.07. The zero-order chi connectivity index (χ0) is 19.5. The maximum atomic E-state index is 12.6. The molecule has 1 N–H and O–H groups in total. The van der Waals surface area contributed by atoms with E-state index in [1.807, 2.05) is 54.6 Å². The van der Waals surface area contributed by atoms with Crippen LogP contribution in [0.3, 0.4) is 0 Å². The van der Waals surface area contributed by atoms with Crippen molar-refractivity contribution in [2.75, 3.05) is 0 Å². The summed E-state index contributed by atoms with van der Waals surface area (Å²) in [6.07, 6.45) is 1.25. The van der Waals surface area contributed by atoms with Crippen LogP contribution in [0.5, 0.6) is 0 Å². The minimum Gasteiger partial charge on any atom is -0.419 e. The third-order valence-corrected chi connectivity index (χ3v) is 5.23. The first-order chi connectivity index (χ1) is 13.6. The van der Waals surface area contributed by atoms with Gasteiger partial charge >= 0.3 is 6.03 Å². The normalized spacial score (nSPS) is 16.5. The molecule has 1 aliphatic rings. The van der Waals surface area contributed by atoms with Crippen LogP contribution in [0.15, 0.2) is 63.5 Å². The second kappa shape index (κ2) is 7.93. The van der Waals surface area contributed by atoms with Crippen molar-refractivity contribution in [1.82, 2.24) is 20.4 Å². The number of aryl methyl sites for hydroxylation is 1. The second-order valence-corrected chi connectivity index (χ2v) is 7.29. The average molecular weight is 441 g/mol. The number of carbonyl (C=O) groups is 2. The molecule has 0 spiro atoms. The molecular formula is C20H17BrN4O3. The number of rotatable bonds is 6. The Morgan fingerprint density at radius 2 is 1.79 bits per heavy atom. The van der Waals surface area contributed by atoms with Crippen LogP contribution < -0.4 is 5.32 Å². The lowest BCUT2D eigenvalue weighted by Crippen LogP contribution is -2.31. The number of urea groups is 1. The van der Waals surface area contributed by atoms with Crippen LogP contribution in [0.1, 0.15) is 17.9 Å². The third kappa shape index (κ3) is 3.82. The van der Waals surface area contributed by atoms with E-state index in [-0.39, 0.29) is 18.3 Å². The number of nitrogens with one attached hydrogen (secondary N) is 1. The summed E-state index contributed by atoms with van der Waals surface area (Å²) >= 11 is 3.44. The molecule has 2 aromatic carbocycles. The molecule has 1 aromatic heterocycles. The van der Waals surface area contributed by atoms with Gasteiger partial charge in [0.25, 0.3) is 5.91 Å². The summed E-state index contributed by atoms with van der Waals surface area (Å²) < 4.78 is 6.47. The van der Waals surface area contributed by atoms with Crippen molar-refractivity contribution in [3.63, 3.8) is 0 Å². The number of carbonyl (C=O) groups excluding carboxylic acids is 2.